The number of aromatic hydroxyl groups is 1. The van der Waals surface area contributed by atoms with Crippen LogP contribution in [0.5, 0.6) is 5.75 Å². The number of nitrogens with zero attached hydrogens (tertiary/aromatic N) is 3. The molecule has 1 saturated heterocycles. The lowest BCUT2D eigenvalue weighted by atomic mass is 9.89. The molecule has 3 rings (SSSR count). The van der Waals surface area contributed by atoms with E-state index in [1.54, 1.807) is 0 Å². The molecule has 10 heteroatoms. The summed E-state index contributed by atoms with van der Waals surface area (Å²) in [7, 11) is 1.15. The Bertz CT molecular complexity index is 1030. The maximum atomic E-state index is 14.2. The first-order valence-corrected chi connectivity index (χ1v) is 8.17. The van der Waals surface area contributed by atoms with E-state index in [0.29, 0.717) is 11.0 Å². The molecule has 1 fully saturated rings. The Morgan fingerprint density at radius 2 is 1.76 bits per heavy atom. The largest absolute Gasteiger partial charge is 0.508 e. The Morgan fingerprint density at radius 3 is 2.28 bits per heavy atom. The number of carbonyl (C=O) groups excluding carboxylic acids is 2. The number of phenolic OH excluding ortho intramolecular Hbond substituents is 1. The molecule has 1 aliphatic rings. The van der Waals surface area contributed by atoms with E-state index in [9.17, 15) is 32.3 Å². The standard InChI is InChI=1S/C19H13F4N3O3/c1-25-17(29)26(13-5-2-11(9-24)15(8-13)19(21,22)23)16(28)18(25,10-20)12-3-6-14(27)7-4-12/h2-8,27H,10H2,1H3. The fraction of sp³-hybridized carbons (Fsp3) is 0.211. The van der Waals surface area contributed by atoms with Gasteiger partial charge >= 0.3 is 12.2 Å². The van der Waals surface area contributed by atoms with Crippen molar-refractivity contribution in [3.63, 3.8) is 0 Å². The first-order valence-electron chi connectivity index (χ1n) is 8.17. The molecule has 1 N–H and O–H groups in total. The van der Waals surface area contributed by atoms with E-state index in [-0.39, 0.29) is 11.3 Å². The number of benzene rings is 2. The van der Waals surface area contributed by atoms with Crippen molar-refractivity contribution in [2.45, 2.75) is 11.7 Å². The van der Waals surface area contributed by atoms with Crippen LogP contribution in [-0.2, 0) is 16.5 Å². The number of anilines is 1. The number of rotatable bonds is 3. The number of halogens is 4. The highest BCUT2D eigenvalue weighted by Gasteiger charge is 2.58. The van der Waals surface area contributed by atoms with Crippen LogP contribution >= 0.6 is 0 Å². The van der Waals surface area contributed by atoms with E-state index in [1.807, 2.05) is 0 Å². The van der Waals surface area contributed by atoms with Gasteiger partial charge in [0.2, 0.25) is 0 Å². The number of urea groups is 1. The summed E-state index contributed by atoms with van der Waals surface area (Å²) in [5.41, 5.74) is -4.48. The van der Waals surface area contributed by atoms with E-state index in [1.165, 1.54) is 30.3 Å². The predicted molar refractivity (Wildman–Crippen MR) is 92.6 cm³/mol. The first kappa shape index (κ1) is 20.1. The Labute approximate surface area is 162 Å². The normalized spacial score (nSPS) is 19.6. The number of nitriles is 1. The number of amides is 3. The molecule has 1 atom stereocenters. The zero-order valence-electron chi connectivity index (χ0n) is 14.9. The first-order chi connectivity index (χ1) is 13.6. The van der Waals surface area contributed by atoms with Crippen molar-refractivity contribution in [1.82, 2.24) is 4.90 Å². The number of hydrogen-bond acceptors (Lipinski definition) is 4. The van der Waals surface area contributed by atoms with Crippen molar-refractivity contribution in [1.29, 1.82) is 5.26 Å². The zero-order chi connectivity index (χ0) is 21.6. The van der Waals surface area contributed by atoms with Crippen LogP contribution in [0.1, 0.15) is 16.7 Å². The zero-order valence-corrected chi connectivity index (χ0v) is 14.9. The molecule has 3 amide bonds. The number of imide groups is 1. The molecule has 1 aliphatic heterocycles. The fourth-order valence-corrected chi connectivity index (χ4v) is 3.24. The second kappa shape index (κ2) is 6.77. The monoisotopic (exact) mass is 407 g/mol. The summed E-state index contributed by atoms with van der Waals surface area (Å²) in [6, 6.07) is 7.64. The van der Waals surface area contributed by atoms with Crippen LogP contribution in [0.2, 0.25) is 0 Å². The molecule has 0 saturated carbocycles. The van der Waals surface area contributed by atoms with Crippen molar-refractivity contribution < 1.29 is 32.3 Å². The third-order valence-electron chi connectivity index (χ3n) is 4.83. The minimum atomic E-state index is -4.90. The lowest BCUT2D eigenvalue weighted by Crippen LogP contribution is -2.47. The van der Waals surface area contributed by atoms with E-state index in [2.05, 4.69) is 0 Å². The summed E-state index contributed by atoms with van der Waals surface area (Å²) in [5, 5.41) is 18.3. The van der Waals surface area contributed by atoms with Gasteiger partial charge in [-0.2, -0.15) is 18.4 Å². The molecule has 0 aliphatic carbocycles. The van der Waals surface area contributed by atoms with Gasteiger partial charge in [-0.05, 0) is 35.9 Å². The van der Waals surface area contributed by atoms with Crippen LogP contribution in [-0.4, -0.2) is 35.7 Å². The lowest BCUT2D eigenvalue weighted by Gasteiger charge is -2.30. The molecule has 6 nitrogen and oxygen atoms in total. The molecule has 1 unspecified atom stereocenters. The molecule has 1 heterocycles. The van der Waals surface area contributed by atoms with E-state index >= 15 is 0 Å². The fourth-order valence-electron chi connectivity index (χ4n) is 3.24. The smallest absolute Gasteiger partial charge is 0.417 e. The van der Waals surface area contributed by atoms with Gasteiger partial charge in [0.1, 0.15) is 12.4 Å². The van der Waals surface area contributed by atoms with Crippen LogP contribution < -0.4 is 4.90 Å². The molecule has 0 aromatic heterocycles. The Kier molecular flexibility index (Phi) is 4.70. The van der Waals surface area contributed by atoms with Crippen LogP contribution in [0.4, 0.5) is 28.0 Å². The van der Waals surface area contributed by atoms with E-state index in [4.69, 9.17) is 5.26 Å². The highest BCUT2D eigenvalue weighted by atomic mass is 19.4. The van der Waals surface area contributed by atoms with Crippen molar-refractivity contribution in [3.8, 4) is 11.8 Å². The number of likely N-dealkylation sites (N-methyl/N-ethyl adjacent to an activating group) is 1. The molecule has 0 spiro atoms. The molecule has 2 aromatic rings. The summed E-state index contributed by atoms with van der Waals surface area (Å²) in [4.78, 5) is 27.1. The molecule has 0 radical (unpaired) electrons. The summed E-state index contributed by atoms with van der Waals surface area (Å²) >= 11 is 0. The topological polar surface area (TPSA) is 84.6 Å². The Hall–Kier alpha value is -3.61. The predicted octanol–water partition coefficient (Wildman–Crippen LogP) is 3.55. The van der Waals surface area contributed by atoms with Crippen molar-refractivity contribution >= 4 is 17.6 Å². The van der Waals surface area contributed by atoms with Gasteiger partial charge in [-0.1, -0.05) is 12.1 Å². The SMILES string of the molecule is CN1C(=O)N(c2ccc(C#N)c(C(F)(F)F)c2)C(=O)C1(CF)c1ccc(O)cc1. The van der Waals surface area contributed by atoms with Gasteiger partial charge in [0.25, 0.3) is 5.91 Å². The van der Waals surface area contributed by atoms with Gasteiger partial charge in [-0.3, -0.25) is 4.79 Å². The van der Waals surface area contributed by atoms with Gasteiger partial charge in [0.15, 0.2) is 5.54 Å². The van der Waals surface area contributed by atoms with Gasteiger partial charge in [0, 0.05) is 7.05 Å². The van der Waals surface area contributed by atoms with Gasteiger partial charge in [-0.15, -0.1) is 0 Å². The molecule has 29 heavy (non-hydrogen) atoms. The van der Waals surface area contributed by atoms with Gasteiger partial charge in [-0.25, -0.2) is 14.1 Å². The molecule has 150 valence electrons. The van der Waals surface area contributed by atoms with Crippen molar-refractivity contribution in [2.24, 2.45) is 0 Å². The third kappa shape index (κ3) is 2.95. The number of alkyl halides is 4. The highest BCUT2D eigenvalue weighted by Crippen LogP contribution is 2.41. The van der Waals surface area contributed by atoms with E-state index in [0.717, 1.165) is 24.1 Å². The van der Waals surface area contributed by atoms with Crippen molar-refractivity contribution in [2.75, 3.05) is 18.6 Å². The number of phenols is 1. The average Bonchev–Trinajstić information content (AvgIpc) is 2.88. The Balaban J connectivity index is 2.16. The molecular weight excluding hydrogens is 394 g/mol. The minimum Gasteiger partial charge on any atom is -0.508 e. The Morgan fingerprint density at radius 1 is 1.14 bits per heavy atom. The van der Waals surface area contributed by atoms with Crippen LogP contribution in [0.3, 0.4) is 0 Å². The number of carbonyl (C=O) groups is 2. The minimum absolute atomic E-state index is 0.0471. The maximum absolute atomic E-state index is 14.2. The second-order valence-corrected chi connectivity index (χ2v) is 6.36. The van der Waals surface area contributed by atoms with Gasteiger partial charge < -0.3 is 10.0 Å². The van der Waals surface area contributed by atoms with E-state index < -0.39 is 47.1 Å². The average molecular weight is 407 g/mol. The summed E-state index contributed by atoms with van der Waals surface area (Å²) < 4.78 is 53.9. The summed E-state index contributed by atoms with van der Waals surface area (Å²) in [6.07, 6.45) is -4.90. The maximum Gasteiger partial charge on any atom is 0.417 e. The summed E-state index contributed by atoms with van der Waals surface area (Å²) in [6.45, 7) is -1.34. The molecule has 2 aromatic carbocycles. The van der Waals surface area contributed by atoms with Crippen LogP contribution in [0.25, 0.3) is 0 Å². The third-order valence-corrected chi connectivity index (χ3v) is 4.83. The van der Waals surface area contributed by atoms with Gasteiger partial charge in [0.05, 0.1) is 22.9 Å². The van der Waals surface area contributed by atoms with Crippen molar-refractivity contribution in [3.05, 3.63) is 59.2 Å². The molecular formula is C19H13F4N3O3. The molecule has 0 bridgehead atoms. The van der Waals surface area contributed by atoms with Crippen LogP contribution in [0, 0.1) is 11.3 Å². The quantitative estimate of drug-likeness (QED) is 0.623. The highest BCUT2D eigenvalue weighted by molar-refractivity contribution is 6.23. The van der Waals surface area contributed by atoms with Crippen LogP contribution in [0.15, 0.2) is 42.5 Å². The second-order valence-electron chi connectivity index (χ2n) is 6.36. The lowest BCUT2D eigenvalue weighted by molar-refractivity contribution is -0.137. The summed E-state index contributed by atoms with van der Waals surface area (Å²) in [5.74, 6) is -1.24. The number of hydrogen-bond donors (Lipinski definition) is 1.